The first-order chi connectivity index (χ1) is 11.4. The summed E-state index contributed by atoms with van der Waals surface area (Å²) in [4.78, 5) is 0. The van der Waals surface area contributed by atoms with Gasteiger partial charge in [0, 0.05) is 17.3 Å². The van der Waals surface area contributed by atoms with E-state index in [0.29, 0.717) is 0 Å². The van der Waals surface area contributed by atoms with Crippen LogP contribution in [0.5, 0.6) is 0 Å². The summed E-state index contributed by atoms with van der Waals surface area (Å²) in [7, 11) is 0. The lowest BCUT2D eigenvalue weighted by molar-refractivity contribution is 0.952. The van der Waals surface area contributed by atoms with Crippen LogP contribution in [0.25, 0.3) is 10.8 Å². The SMILES string of the molecule is BrCCCN1SN(c2cccc3ccccc23)c2ccccc21. The molecule has 0 amide bonds. The molecule has 1 aliphatic rings. The lowest BCUT2D eigenvalue weighted by atomic mass is 10.1. The number of alkyl halides is 1. The number of hydrogen-bond acceptors (Lipinski definition) is 3. The summed E-state index contributed by atoms with van der Waals surface area (Å²) < 4.78 is 4.74. The van der Waals surface area contributed by atoms with Gasteiger partial charge in [0.1, 0.15) is 0 Å². The largest absolute Gasteiger partial charge is 0.296 e. The van der Waals surface area contributed by atoms with Crippen LogP contribution in [-0.2, 0) is 0 Å². The zero-order valence-electron chi connectivity index (χ0n) is 12.7. The van der Waals surface area contributed by atoms with Crippen LogP contribution in [0.4, 0.5) is 17.1 Å². The molecule has 2 nitrogen and oxygen atoms in total. The Bertz CT molecular complexity index is 831. The van der Waals surface area contributed by atoms with Crippen molar-refractivity contribution in [2.45, 2.75) is 6.42 Å². The fourth-order valence-corrected chi connectivity index (χ4v) is 4.35. The number of hydrogen-bond donors (Lipinski definition) is 0. The first-order valence-electron chi connectivity index (χ1n) is 7.77. The first kappa shape index (κ1) is 14.9. The van der Waals surface area contributed by atoms with Crippen LogP contribution in [-0.4, -0.2) is 11.9 Å². The summed E-state index contributed by atoms with van der Waals surface area (Å²) in [5.74, 6) is 0. The normalized spacial score (nSPS) is 13.6. The Morgan fingerprint density at radius 2 is 1.48 bits per heavy atom. The van der Waals surface area contributed by atoms with Crippen molar-refractivity contribution in [3.8, 4) is 0 Å². The van der Waals surface area contributed by atoms with Gasteiger partial charge in [-0.1, -0.05) is 64.5 Å². The third-order valence-electron chi connectivity index (χ3n) is 4.03. The Labute approximate surface area is 149 Å². The molecule has 0 saturated carbocycles. The van der Waals surface area contributed by atoms with E-state index in [1.165, 1.54) is 27.8 Å². The molecule has 0 aliphatic carbocycles. The Morgan fingerprint density at radius 1 is 0.783 bits per heavy atom. The predicted octanol–water partition coefficient (Wildman–Crippen LogP) is 6.15. The standard InChI is InChI=1S/C19H17BrN2S/c20-13-6-14-21-18-10-3-4-11-19(18)22(23-21)17-12-5-8-15-7-1-2-9-16(15)17/h1-5,7-12H,6,13-14H2. The second-order valence-electron chi connectivity index (χ2n) is 5.51. The predicted molar refractivity (Wildman–Crippen MR) is 106 cm³/mol. The van der Waals surface area contributed by atoms with Crippen LogP contribution in [0.3, 0.4) is 0 Å². The van der Waals surface area contributed by atoms with Gasteiger partial charge < -0.3 is 0 Å². The first-order valence-corrected chi connectivity index (χ1v) is 9.62. The molecule has 0 bridgehead atoms. The number of nitrogens with zero attached hydrogens (tertiary/aromatic N) is 2. The second kappa shape index (κ2) is 6.46. The van der Waals surface area contributed by atoms with Crippen LogP contribution in [0.2, 0.25) is 0 Å². The van der Waals surface area contributed by atoms with Crippen molar-refractivity contribution in [1.29, 1.82) is 0 Å². The van der Waals surface area contributed by atoms with Crippen LogP contribution >= 0.6 is 28.1 Å². The Morgan fingerprint density at radius 3 is 2.35 bits per heavy atom. The van der Waals surface area contributed by atoms with E-state index in [9.17, 15) is 0 Å². The summed E-state index contributed by atoms with van der Waals surface area (Å²) in [6.45, 7) is 1.04. The number of benzene rings is 3. The minimum Gasteiger partial charge on any atom is -0.296 e. The molecule has 3 aromatic rings. The third kappa shape index (κ3) is 2.70. The van der Waals surface area contributed by atoms with Gasteiger partial charge in [-0.25, -0.2) is 0 Å². The van der Waals surface area contributed by atoms with Crippen molar-refractivity contribution >= 4 is 55.9 Å². The van der Waals surface area contributed by atoms with E-state index in [4.69, 9.17) is 0 Å². The molecule has 116 valence electrons. The third-order valence-corrected chi connectivity index (χ3v) is 5.72. The highest BCUT2D eigenvalue weighted by molar-refractivity contribution is 9.09. The van der Waals surface area contributed by atoms with E-state index in [-0.39, 0.29) is 0 Å². The van der Waals surface area contributed by atoms with Crippen LogP contribution in [0.15, 0.2) is 66.7 Å². The van der Waals surface area contributed by atoms with E-state index < -0.39 is 0 Å². The molecule has 1 aliphatic heterocycles. The van der Waals surface area contributed by atoms with E-state index in [1.54, 1.807) is 12.1 Å². The van der Waals surface area contributed by atoms with Crippen molar-refractivity contribution in [2.75, 3.05) is 20.5 Å². The van der Waals surface area contributed by atoms with Gasteiger partial charge >= 0.3 is 0 Å². The van der Waals surface area contributed by atoms with E-state index in [2.05, 4.69) is 91.3 Å². The maximum absolute atomic E-state index is 3.54. The number of fused-ring (bicyclic) bond motifs is 2. The Balaban J connectivity index is 1.80. The Kier molecular flexibility index (Phi) is 4.19. The smallest absolute Gasteiger partial charge is 0.0784 e. The monoisotopic (exact) mass is 384 g/mol. The van der Waals surface area contributed by atoms with Crippen LogP contribution in [0.1, 0.15) is 6.42 Å². The fourth-order valence-electron chi connectivity index (χ4n) is 2.96. The highest BCUT2D eigenvalue weighted by atomic mass is 79.9. The van der Waals surface area contributed by atoms with Crippen LogP contribution in [0, 0.1) is 0 Å². The van der Waals surface area contributed by atoms with Crippen molar-refractivity contribution in [2.24, 2.45) is 0 Å². The van der Waals surface area contributed by atoms with Gasteiger partial charge in [-0.3, -0.25) is 8.61 Å². The molecule has 0 spiro atoms. The molecule has 0 saturated heterocycles. The molecule has 4 heteroatoms. The maximum Gasteiger partial charge on any atom is 0.0784 e. The summed E-state index contributed by atoms with van der Waals surface area (Å²) in [5, 5.41) is 3.60. The highest BCUT2D eigenvalue weighted by Crippen LogP contribution is 2.50. The molecule has 23 heavy (non-hydrogen) atoms. The van der Waals surface area contributed by atoms with Gasteiger partial charge in [-0.2, -0.15) is 0 Å². The fraction of sp³-hybridized carbons (Fsp3) is 0.158. The number of rotatable bonds is 4. The zero-order chi connectivity index (χ0) is 15.6. The summed E-state index contributed by atoms with van der Waals surface area (Å²) in [5.41, 5.74) is 3.82. The van der Waals surface area contributed by atoms with Gasteiger partial charge in [0.15, 0.2) is 0 Å². The molecule has 0 unspecified atom stereocenters. The minimum atomic E-state index is 1.03. The molecule has 0 fully saturated rings. The summed E-state index contributed by atoms with van der Waals surface area (Å²) in [6, 6.07) is 23.8. The minimum absolute atomic E-state index is 1.03. The molecular weight excluding hydrogens is 368 g/mol. The van der Waals surface area contributed by atoms with Gasteiger partial charge in [0.25, 0.3) is 0 Å². The van der Waals surface area contributed by atoms with Gasteiger partial charge in [0.05, 0.1) is 29.2 Å². The zero-order valence-corrected chi connectivity index (χ0v) is 15.1. The van der Waals surface area contributed by atoms with E-state index in [1.807, 2.05) is 0 Å². The van der Waals surface area contributed by atoms with Crippen molar-refractivity contribution in [1.82, 2.24) is 0 Å². The lowest BCUT2D eigenvalue weighted by Crippen LogP contribution is -2.15. The summed E-state index contributed by atoms with van der Waals surface area (Å²) >= 11 is 5.33. The molecule has 0 radical (unpaired) electrons. The van der Waals surface area contributed by atoms with Gasteiger partial charge in [-0.15, -0.1) is 0 Å². The van der Waals surface area contributed by atoms with Crippen molar-refractivity contribution in [3.05, 3.63) is 66.7 Å². The van der Waals surface area contributed by atoms with Gasteiger partial charge in [0.2, 0.25) is 0 Å². The highest BCUT2D eigenvalue weighted by Gasteiger charge is 2.28. The number of anilines is 3. The molecule has 0 N–H and O–H groups in total. The summed E-state index contributed by atoms with van der Waals surface area (Å²) in [6.07, 6.45) is 1.13. The molecule has 3 aromatic carbocycles. The molecule has 1 heterocycles. The lowest BCUT2D eigenvalue weighted by Gasteiger charge is -2.20. The van der Waals surface area contributed by atoms with Crippen molar-refractivity contribution < 1.29 is 0 Å². The van der Waals surface area contributed by atoms with Crippen LogP contribution < -0.4 is 8.61 Å². The maximum atomic E-state index is 3.54. The molecular formula is C19H17BrN2S. The second-order valence-corrected chi connectivity index (χ2v) is 7.27. The number of halogens is 1. The van der Waals surface area contributed by atoms with Gasteiger partial charge in [-0.05, 0) is 30.0 Å². The molecule has 4 rings (SSSR count). The quantitative estimate of drug-likeness (QED) is 0.393. The Hall–Kier alpha value is -1.65. The average Bonchev–Trinajstić information content (AvgIpc) is 2.98. The molecule has 0 atom stereocenters. The van der Waals surface area contributed by atoms with E-state index >= 15 is 0 Å². The average molecular weight is 385 g/mol. The topological polar surface area (TPSA) is 6.48 Å². The van der Waals surface area contributed by atoms with Crippen molar-refractivity contribution in [3.63, 3.8) is 0 Å². The van der Waals surface area contributed by atoms with E-state index in [0.717, 1.165) is 18.3 Å². The number of para-hydroxylation sites is 2. The molecule has 0 aromatic heterocycles.